The zero-order chi connectivity index (χ0) is 12.0. The second-order valence-corrected chi connectivity index (χ2v) is 4.32. The van der Waals surface area contributed by atoms with E-state index < -0.39 is 5.60 Å². The van der Waals surface area contributed by atoms with Crippen LogP contribution in [0.1, 0.15) is 32.0 Å². The molecular formula is C13H21NO2. The molecule has 0 bridgehead atoms. The van der Waals surface area contributed by atoms with Crippen LogP contribution in [-0.4, -0.2) is 28.9 Å². The number of ether oxygens (including phenoxy) is 1. The van der Waals surface area contributed by atoms with Crippen LogP contribution in [0.4, 0.5) is 0 Å². The van der Waals surface area contributed by atoms with E-state index in [1.807, 2.05) is 19.2 Å². The molecule has 1 N–H and O–H groups in total. The van der Waals surface area contributed by atoms with Crippen molar-refractivity contribution in [1.29, 1.82) is 0 Å². The van der Waals surface area contributed by atoms with Gasteiger partial charge in [-0.1, -0.05) is 13.0 Å². The zero-order valence-electron chi connectivity index (χ0n) is 10.4. The average molecular weight is 223 g/mol. The molecule has 0 aliphatic carbocycles. The van der Waals surface area contributed by atoms with Gasteiger partial charge in [0.25, 0.3) is 0 Å². The van der Waals surface area contributed by atoms with E-state index in [2.05, 4.69) is 18.0 Å². The fraction of sp³-hybridized carbons (Fsp3) is 0.615. The minimum absolute atomic E-state index is 0.348. The van der Waals surface area contributed by atoms with Gasteiger partial charge in [-0.05, 0) is 31.9 Å². The summed E-state index contributed by atoms with van der Waals surface area (Å²) in [5, 5.41) is 10.1. The van der Waals surface area contributed by atoms with Crippen LogP contribution in [0.2, 0.25) is 0 Å². The maximum atomic E-state index is 10.1. The van der Waals surface area contributed by atoms with Gasteiger partial charge in [-0.3, -0.25) is 4.98 Å². The fourth-order valence-corrected chi connectivity index (χ4v) is 1.53. The summed E-state index contributed by atoms with van der Waals surface area (Å²) in [6.45, 7) is 6.77. The summed E-state index contributed by atoms with van der Waals surface area (Å²) in [4.78, 5) is 4.33. The van der Waals surface area contributed by atoms with Crippen LogP contribution in [0.25, 0.3) is 0 Å². The van der Waals surface area contributed by atoms with E-state index in [4.69, 9.17) is 4.74 Å². The molecule has 1 aromatic rings. The summed E-state index contributed by atoms with van der Waals surface area (Å²) in [6.07, 6.45) is 3.38. The predicted molar refractivity (Wildman–Crippen MR) is 64.4 cm³/mol. The van der Waals surface area contributed by atoms with Crippen molar-refractivity contribution < 1.29 is 9.84 Å². The van der Waals surface area contributed by atoms with Crippen LogP contribution < -0.4 is 0 Å². The van der Waals surface area contributed by atoms with Crippen molar-refractivity contribution in [3.63, 3.8) is 0 Å². The van der Waals surface area contributed by atoms with E-state index in [9.17, 15) is 5.11 Å². The van der Waals surface area contributed by atoms with Gasteiger partial charge in [0.15, 0.2) is 0 Å². The lowest BCUT2D eigenvalue weighted by Gasteiger charge is -2.22. The Kier molecular flexibility index (Phi) is 4.90. The third-order valence-corrected chi connectivity index (χ3v) is 2.47. The molecule has 0 aliphatic heterocycles. The number of nitrogens with zero attached hydrogens (tertiary/aromatic N) is 1. The van der Waals surface area contributed by atoms with Crippen molar-refractivity contribution in [3.8, 4) is 0 Å². The summed E-state index contributed by atoms with van der Waals surface area (Å²) in [5.74, 6) is 0. The molecule has 0 saturated heterocycles. The summed E-state index contributed by atoms with van der Waals surface area (Å²) in [7, 11) is 0. The first-order valence-electron chi connectivity index (χ1n) is 5.81. The third-order valence-electron chi connectivity index (χ3n) is 2.47. The second-order valence-electron chi connectivity index (χ2n) is 4.32. The van der Waals surface area contributed by atoms with Gasteiger partial charge in [0.05, 0.1) is 12.2 Å². The number of hydrogen-bond acceptors (Lipinski definition) is 3. The van der Waals surface area contributed by atoms with Crippen LogP contribution in [0.5, 0.6) is 0 Å². The van der Waals surface area contributed by atoms with E-state index in [0.717, 1.165) is 12.1 Å². The quantitative estimate of drug-likeness (QED) is 0.801. The van der Waals surface area contributed by atoms with Gasteiger partial charge in [-0.2, -0.15) is 0 Å². The first-order chi connectivity index (χ1) is 7.57. The Morgan fingerprint density at radius 2 is 2.12 bits per heavy atom. The summed E-state index contributed by atoms with van der Waals surface area (Å²) in [6, 6.07) is 4.03. The van der Waals surface area contributed by atoms with Gasteiger partial charge in [-0.15, -0.1) is 0 Å². The molecule has 0 aliphatic rings. The molecule has 3 nitrogen and oxygen atoms in total. The fourth-order valence-electron chi connectivity index (χ4n) is 1.53. The molecule has 1 unspecified atom stereocenters. The Morgan fingerprint density at radius 3 is 2.62 bits per heavy atom. The van der Waals surface area contributed by atoms with Crippen molar-refractivity contribution in [2.24, 2.45) is 0 Å². The predicted octanol–water partition coefficient (Wildman–Crippen LogP) is 1.97. The molecule has 0 fully saturated rings. The Hall–Kier alpha value is -0.930. The number of aromatic nitrogens is 1. The second kappa shape index (κ2) is 5.97. The lowest BCUT2D eigenvalue weighted by Crippen LogP contribution is -2.33. The van der Waals surface area contributed by atoms with Gasteiger partial charge in [-0.25, -0.2) is 0 Å². The van der Waals surface area contributed by atoms with Gasteiger partial charge in [0, 0.05) is 24.9 Å². The van der Waals surface area contributed by atoms with Gasteiger partial charge in [0.1, 0.15) is 0 Å². The van der Waals surface area contributed by atoms with E-state index in [-0.39, 0.29) is 0 Å². The Labute approximate surface area is 97.5 Å². The van der Waals surface area contributed by atoms with Gasteiger partial charge in [0.2, 0.25) is 0 Å². The topological polar surface area (TPSA) is 42.4 Å². The molecular weight excluding hydrogens is 202 g/mol. The highest BCUT2D eigenvalue weighted by Crippen LogP contribution is 2.12. The molecule has 1 heterocycles. The van der Waals surface area contributed by atoms with Crippen LogP contribution in [-0.2, 0) is 17.6 Å². The highest BCUT2D eigenvalue weighted by molar-refractivity contribution is 5.15. The third kappa shape index (κ3) is 4.29. The van der Waals surface area contributed by atoms with Gasteiger partial charge >= 0.3 is 0 Å². The molecule has 0 amide bonds. The molecule has 3 heteroatoms. The van der Waals surface area contributed by atoms with E-state index in [1.54, 1.807) is 6.92 Å². The van der Waals surface area contributed by atoms with Crippen molar-refractivity contribution in [2.75, 3.05) is 13.2 Å². The number of hydrogen-bond donors (Lipinski definition) is 1. The molecule has 0 saturated carbocycles. The monoisotopic (exact) mass is 223 g/mol. The van der Waals surface area contributed by atoms with Crippen molar-refractivity contribution in [1.82, 2.24) is 4.98 Å². The molecule has 1 aromatic heterocycles. The minimum atomic E-state index is -0.837. The van der Waals surface area contributed by atoms with Crippen LogP contribution >= 0.6 is 0 Å². The molecule has 90 valence electrons. The van der Waals surface area contributed by atoms with Crippen LogP contribution in [0.3, 0.4) is 0 Å². The lowest BCUT2D eigenvalue weighted by molar-refractivity contribution is -0.0302. The van der Waals surface area contributed by atoms with E-state index in [1.165, 1.54) is 5.56 Å². The molecule has 1 atom stereocenters. The maximum Gasteiger partial charge on any atom is 0.0907 e. The largest absolute Gasteiger partial charge is 0.387 e. The van der Waals surface area contributed by atoms with Crippen molar-refractivity contribution in [3.05, 3.63) is 29.6 Å². The highest BCUT2D eigenvalue weighted by Gasteiger charge is 2.21. The van der Waals surface area contributed by atoms with E-state index in [0.29, 0.717) is 19.6 Å². The van der Waals surface area contributed by atoms with E-state index >= 15 is 0 Å². The Bertz CT molecular complexity index is 306. The number of rotatable bonds is 6. The standard InChI is InChI=1S/C13H21NO2/c1-4-11-6-7-12(14-9-11)8-13(3,15)10-16-5-2/h6-7,9,15H,4-5,8,10H2,1-3H3. The molecule has 0 aromatic carbocycles. The molecule has 0 radical (unpaired) electrons. The first kappa shape index (κ1) is 13.1. The first-order valence-corrected chi connectivity index (χ1v) is 5.81. The van der Waals surface area contributed by atoms with Gasteiger partial charge < -0.3 is 9.84 Å². The number of aliphatic hydroxyl groups is 1. The van der Waals surface area contributed by atoms with Crippen LogP contribution in [0, 0.1) is 0 Å². The smallest absolute Gasteiger partial charge is 0.0907 e. The average Bonchev–Trinajstić information content (AvgIpc) is 2.27. The number of pyridine rings is 1. The number of aryl methyl sites for hydroxylation is 1. The summed E-state index contributed by atoms with van der Waals surface area (Å²) < 4.78 is 5.24. The SMILES string of the molecule is CCOCC(C)(O)Cc1ccc(CC)cn1. The Balaban J connectivity index is 2.57. The normalized spacial score (nSPS) is 14.8. The van der Waals surface area contributed by atoms with Crippen molar-refractivity contribution >= 4 is 0 Å². The maximum absolute atomic E-state index is 10.1. The Morgan fingerprint density at radius 1 is 1.38 bits per heavy atom. The summed E-state index contributed by atoms with van der Waals surface area (Å²) >= 11 is 0. The molecule has 0 spiro atoms. The molecule has 1 rings (SSSR count). The summed E-state index contributed by atoms with van der Waals surface area (Å²) in [5.41, 5.74) is 1.28. The zero-order valence-corrected chi connectivity index (χ0v) is 10.4. The van der Waals surface area contributed by atoms with Crippen LogP contribution in [0.15, 0.2) is 18.3 Å². The minimum Gasteiger partial charge on any atom is -0.387 e. The highest BCUT2D eigenvalue weighted by atomic mass is 16.5. The molecule has 16 heavy (non-hydrogen) atoms. The lowest BCUT2D eigenvalue weighted by atomic mass is 10.0. The van der Waals surface area contributed by atoms with Crippen molar-refractivity contribution in [2.45, 2.75) is 39.2 Å².